The zero-order chi connectivity index (χ0) is 15.0. The molecule has 3 N–H and O–H groups in total. The number of hydrogen-bond donors (Lipinski definition) is 2. The molecule has 1 aliphatic carbocycles. The van der Waals surface area contributed by atoms with Crippen LogP contribution in [0.3, 0.4) is 0 Å². The Labute approximate surface area is 149 Å². The van der Waals surface area contributed by atoms with Crippen LogP contribution in [0.25, 0.3) is 0 Å². The molecule has 8 heteroatoms. The van der Waals surface area contributed by atoms with Crippen molar-refractivity contribution in [1.29, 1.82) is 0 Å². The predicted octanol–water partition coefficient (Wildman–Crippen LogP) is 2.15. The number of aryl methyl sites for hydroxylation is 1. The van der Waals surface area contributed by atoms with Crippen LogP contribution in [-0.4, -0.2) is 26.2 Å². The summed E-state index contributed by atoms with van der Waals surface area (Å²) in [5.74, 6) is 1.86. The van der Waals surface area contributed by atoms with Gasteiger partial charge in [0, 0.05) is 18.5 Å². The van der Waals surface area contributed by atoms with Crippen molar-refractivity contribution in [2.45, 2.75) is 70.5 Å². The van der Waals surface area contributed by atoms with Crippen molar-refractivity contribution in [3.63, 3.8) is 0 Å². The van der Waals surface area contributed by atoms with E-state index in [1.807, 2.05) is 13.8 Å². The van der Waals surface area contributed by atoms with Gasteiger partial charge in [0.05, 0.1) is 12.0 Å². The molecular weight excluding hydrogens is 337 g/mol. The van der Waals surface area contributed by atoms with Crippen molar-refractivity contribution in [1.82, 2.24) is 20.1 Å². The lowest BCUT2D eigenvalue weighted by atomic mass is 9.74. The molecule has 1 aromatic rings. The van der Waals surface area contributed by atoms with Gasteiger partial charge in [-0.2, -0.15) is 0 Å². The zero-order valence-corrected chi connectivity index (χ0v) is 15.4. The van der Waals surface area contributed by atoms with E-state index in [4.69, 9.17) is 5.73 Å². The lowest BCUT2D eigenvalue weighted by molar-refractivity contribution is -0.128. The Bertz CT molecular complexity index is 546. The van der Waals surface area contributed by atoms with Gasteiger partial charge in [0.25, 0.3) is 0 Å². The maximum atomic E-state index is 12.6. The minimum absolute atomic E-state index is 0. The molecule has 6 nitrogen and oxygen atoms in total. The molecule has 3 unspecified atom stereocenters. The molecule has 1 saturated carbocycles. The van der Waals surface area contributed by atoms with Gasteiger partial charge in [-0.3, -0.25) is 4.79 Å². The highest BCUT2D eigenvalue weighted by atomic mass is 35.5. The van der Waals surface area contributed by atoms with Crippen molar-refractivity contribution in [2.75, 3.05) is 0 Å². The molecule has 1 fully saturated rings. The van der Waals surface area contributed by atoms with Gasteiger partial charge in [0.1, 0.15) is 5.82 Å². The average Bonchev–Trinajstić information content (AvgIpc) is 2.99. The number of amides is 1. The Balaban J connectivity index is 0.00000132. The molecule has 3 rings (SSSR count). The molecule has 1 aliphatic heterocycles. The molecule has 0 bridgehead atoms. The summed E-state index contributed by atoms with van der Waals surface area (Å²) < 4.78 is 2.13. The Morgan fingerprint density at radius 1 is 1.35 bits per heavy atom. The van der Waals surface area contributed by atoms with Crippen molar-refractivity contribution in [3.05, 3.63) is 11.6 Å². The fourth-order valence-corrected chi connectivity index (χ4v) is 3.66. The van der Waals surface area contributed by atoms with Gasteiger partial charge in [0.15, 0.2) is 5.82 Å². The fourth-order valence-electron chi connectivity index (χ4n) is 3.66. The third-order valence-electron chi connectivity index (χ3n) is 4.95. The number of halogens is 2. The first-order valence-corrected chi connectivity index (χ1v) is 8.00. The van der Waals surface area contributed by atoms with Gasteiger partial charge in [0.2, 0.25) is 5.91 Å². The maximum absolute atomic E-state index is 12.6. The third-order valence-corrected chi connectivity index (χ3v) is 4.95. The topological polar surface area (TPSA) is 85.8 Å². The molecular formula is C15H27Cl2N5O. The van der Waals surface area contributed by atoms with E-state index >= 15 is 0 Å². The number of hydrogen-bond acceptors (Lipinski definition) is 4. The highest BCUT2D eigenvalue weighted by Crippen LogP contribution is 2.32. The van der Waals surface area contributed by atoms with Crippen molar-refractivity contribution < 1.29 is 4.79 Å². The summed E-state index contributed by atoms with van der Waals surface area (Å²) in [6.45, 7) is 4.93. The number of carbonyl (C=O) groups is 1. The van der Waals surface area contributed by atoms with E-state index < -0.39 is 5.54 Å². The van der Waals surface area contributed by atoms with E-state index in [1.165, 1.54) is 0 Å². The molecule has 3 atom stereocenters. The van der Waals surface area contributed by atoms with Gasteiger partial charge in [-0.05, 0) is 33.1 Å². The van der Waals surface area contributed by atoms with Crippen LogP contribution in [0, 0.1) is 5.92 Å². The standard InChI is InChI=1S/C15H25N5O.2ClH/c1-10(13-19-18-12-7-5-9-20(12)13)17-14(21)11-6-3-4-8-15(11,2)16;;/h10-11H,3-9,16H2,1-2H3,(H,17,21);2*1H. The molecule has 1 amide bonds. The fraction of sp³-hybridized carbons (Fsp3) is 0.800. The lowest BCUT2D eigenvalue weighted by Crippen LogP contribution is -2.53. The number of aromatic nitrogens is 3. The van der Waals surface area contributed by atoms with E-state index in [0.717, 1.165) is 56.7 Å². The van der Waals surface area contributed by atoms with Crippen LogP contribution in [0.1, 0.15) is 63.6 Å². The first-order chi connectivity index (χ1) is 9.99. The smallest absolute Gasteiger partial charge is 0.225 e. The summed E-state index contributed by atoms with van der Waals surface area (Å²) in [6, 6.07) is -0.116. The first-order valence-electron chi connectivity index (χ1n) is 8.00. The highest BCUT2D eigenvalue weighted by Gasteiger charge is 2.38. The average molecular weight is 364 g/mol. The van der Waals surface area contributed by atoms with E-state index in [2.05, 4.69) is 20.1 Å². The minimum atomic E-state index is -0.394. The zero-order valence-electron chi connectivity index (χ0n) is 13.7. The minimum Gasteiger partial charge on any atom is -0.346 e. The lowest BCUT2D eigenvalue weighted by Gasteiger charge is -2.37. The Morgan fingerprint density at radius 2 is 2.09 bits per heavy atom. The molecule has 0 spiro atoms. The SMILES string of the molecule is CC(NC(=O)C1CCCCC1(C)N)c1nnc2n1CCC2.Cl.Cl. The van der Waals surface area contributed by atoms with Crippen LogP contribution in [0.4, 0.5) is 0 Å². The quantitative estimate of drug-likeness (QED) is 0.861. The molecule has 0 radical (unpaired) electrons. The first kappa shape index (κ1) is 20.2. The van der Waals surface area contributed by atoms with Crippen LogP contribution in [0.2, 0.25) is 0 Å². The largest absolute Gasteiger partial charge is 0.346 e. The van der Waals surface area contributed by atoms with Crippen LogP contribution in [0.5, 0.6) is 0 Å². The number of nitrogens with one attached hydrogen (secondary N) is 1. The van der Waals surface area contributed by atoms with Gasteiger partial charge in [-0.15, -0.1) is 35.0 Å². The molecule has 2 aliphatic rings. The Kier molecular flexibility index (Phi) is 6.86. The van der Waals surface area contributed by atoms with Crippen molar-refractivity contribution in [3.8, 4) is 0 Å². The molecule has 0 saturated heterocycles. The third kappa shape index (κ3) is 3.98. The molecule has 2 heterocycles. The predicted molar refractivity (Wildman–Crippen MR) is 93.9 cm³/mol. The summed E-state index contributed by atoms with van der Waals surface area (Å²) in [7, 11) is 0. The van der Waals surface area contributed by atoms with E-state index in [0.29, 0.717) is 0 Å². The second-order valence-corrected chi connectivity index (χ2v) is 6.76. The van der Waals surface area contributed by atoms with E-state index in [1.54, 1.807) is 0 Å². The van der Waals surface area contributed by atoms with Gasteiger partial charge in [-0.1, -0.05) is 12.8 Å². The number of nitrogens with zero attached hydrogens (tertiary/aromatic N) is 3. The second kappa shape index (κ2) is 7.81. The van der Waals surface area contributed by atoms with Crippen LogP contribution in [0.15, 0.2) is 0 Å². The summed E-state index contributed by atoms with van der Waals surface area (Å²) in [6.07, 6.45) is 6.09. The normalized spacial score (nSPS) is 27.3. The van der Waals surface area contributed by atoms with Gasteiger partial charge >= 0.3 is 0 Å². The summed E-state index contributed by atoms with van der Waals surface area (Å²) in [4.78, 5) is 12.6. The van der Waals surface area contributed by atoms with E-state index in [-0.39, 0.29) is 42.7 Å². The summed E-state index contributed by atoms with van der Waals surface area (Å²) in [5, 5.41) is 11.5. The second-order valence-electron chi connectivity index (χ2n) is 6.76. The summed E-state index contributed by atoms with van der Waals surface area (Å²) >= 11 is 0. The van der Waals surface area contributed by atoms with Crippen LogP contribution >= 0.6 is 24.8 Å². The molecule has 0 aromatic carbocycles. The van der Waals surface area contributed by atoms with Gasteiger partial charge in [-0.25, -0.2) is 0 Å². The van der Waals surface area contributed by atoms with Crippen LogP contribution < -0.4 is 11.1 Å². The number of rotatable bonds is 3. The summed E-state index contributed by atoms with van der Waals surface area (Å²) in [5.41, 5.74) is 5.92. The number of fused-ring (bicyclic) bond motifs is 1. The van der Waals surface area contributed by atoms with Gasteiger partial charge < -0.3 is 15.6 Å². The maximum Gasteiger partial charge on any atom is 0.225 e. The molecule has 132 valence electrons. The van der Waals surface area contributed by atoms with Crippen LogP contribution in [-0.2, 0) is 17.8 Å². The van der Waals surface area contributed by atoms with Crippen molar-refractivity contribution >= 4 is 30.7 Å². The van der Waals surface area contributed by atoms with Crippen molar-refractivity contribution in [2.24, 2.45) is 11.7 Å². The molecule has 23 heavy (non-hydrogen) atoms. The highest BCUT2D eigenvalue weighted by molar-refractivity contribution is 5.85. The molecule has 1 aromatic heterocycles. The Hall–Kier alpha value is -0.850. The number of carbonyl (C=O) groups excluding carboxylic acids is 1. The monoisotopic (exact) mass is 363 g/mol. The Morgan fingerprint density at radius 3 is 2.78 bits per heavy atom. The number of nitrogens with two attached hydrogens (primary N) is 1. The van der Waals surface area contributed by atoms with E-state index in [9.17, 15) is 4.79 Å².